The number of rotatable bonds is 2. The lowest BCUT2D eigenvalue weighted by Gasteiger charge is -2.17. The maximum Gasteiger partial charge on any atom is 0.222 e. The van der Waals surface area contributed by atoms with Gasteiger partial charge in [0.05, 0.1) is 0 Å². The summed E-state index contributed by atoms with van der Waals surface area (Å²) in [5.41, 5.74) is 2.42. The number of nitrogens with zero attached hydrogens (tertiary/aromatic N) is 1. The Balaban J connectivity index is 3.13. The van der Waals surface area contributed by atoms with Gasteiger partial charge in [0, 0.05) is 7.11 Å². The SMILES string of the molecule is COC1(Br)C(=C=O)NN=C1C=O. The standard InChI is InChI=1S/C6H5BrN2O3/c1-12-6(7)4(2-10)8-9-5(6)3-11/h2,9H,1H3. The van der Waals surface area contributed by atoms with Gasteiger partial charge in [-0.3, -0.25) is 10.2 Å². The summed E-state index contributed by atoms with van der Waals surface area (Å²) in [6, 6.07) is 0. The van der Waals surface area contributed by atoms with Crippen LogP contribution in [-0.4, -0.2) is 29.6 Å². The molecular weight excluding hydrogens is 228 g/mol. The molecule has 1 heterocycles. The Morgan fingerprint density at radius 3 is 2.92 bits per heavy atom. The van der Waals surface area contributed by atoms with Crippen LogP contribution in [0.1, 0.15) is 0 Å². The van der Waals surface area contributed by atoms with Crippen molar-refractivity contribution in [3.05, 3.63) is 5.70 Å². The van der Waals surface area contributed by atoms with Gasteiger partial charge in [-0.05, 0) is 15.9 Å². The second kappa shape index (κ2) is 3.18. The van der Waals surface area contributed by atoms with E-state index in [1.807, 2.05) is 0 Å². The summed E-state index contributed by atoms with van der Waals surface area (Å²) in [6.07, 6.45) is 0.496. The fraction of sp³-hybridized carbons (Fsp3) is 0.333. The van der Waals surface area contributed by atoms with Crippen molar-refractivity contribution in [2.75, 3.05) is 7.11 Å². The van der Waals surface area contributed by atoms with Gasteiger partial charge >= 0.3 is 0 Å². The molecule has 5 nitrogen and oxygen atoms in total. The van der Waals surface area contributed by atoms with E-state index in [0.717, 1.165) is 0 Å². The molecule has 0 aromatic rings. The van der Waals surface area contributed by atoms with Crippen LogP contribution in [0.25, 0.3) is 0 Å². The largest absolute Gasteiger partial charge is 0.355 e. The van der Waals surface area contributed by atoms with Crippen LogP contribution >= 0.6 is 15.9 Å². The maximum absolute atomic E-state index is 10.4. The topological polar surface area (TPSA) is 67.8 Å². The molecule has 0 amide bonds. The van der Waals surface area contributed by atoms with Crippen molar-refractivity contribution in [1.82, 2.24) is 5.43 Å². The van der Waals surface area contributed by atoms with Crippen LogP contribution in [0.3, 0.4) is 0 Å². The summed E-state index contributed by atoms with van der Waals surface area (Å²) < 4.78 is 3.64. The van der Waals surface area contributed by atoms with Gasteiger partial charge < -0.3 is 4.74 Å². The molecule has 1 unspecified atom stereocenters. The second-order valence-corrected chi connectivity index (χ2v) is 3.12. The predicted molar refractivity (Wildman–Crippen MR) is 44.5 cm³/mol. The van der Waals surface area contributed by atoms with Gasteiger partial charge in [0.2, 0.25) is 4.51 Å². The van der Waals surface area contributed by atoms with Crippen LogP contribution in [0.15, 0.2) is 10.8 Å². The number of carbonyl (C=O) groups excluding carboxylic acids is 2. The summed E-state index contributed by atoms with van der Waals surface area (Å²) in [7, 11) is 1.35. The van der Waals surface area contributed by atoms with Crippen LogP contribution < -0.4 is 5.43 Å². The van der Waals surface area contributed by atoms with E-state index >= 15 is 0 Å². The molecule has 1 rings (SSSR count). The number of aldehydes is 1. The second-order valence-electron chi connectivity index (χ2n) is 2.00. The first-order valence-electron chi connectivity index (χ1n) is 2.98. The summed E-state index contributed by atoms with van der Waals surface area (Å²) >= 11 is 3.05. The molecule has 1 aliphatic heterocycles. The molecule has 12 heavy (non-hydrogen) atoms. The van der Waals surface area contributed by atoms with Crippen molar-refractivity contribution in [2.24, 2.45) is 5.10 Å². The lowest BCUT2D eigenvalue weighted by atomic mass is 10.2. The third kappa shape index (κ3) is 1.10. The van der Waals surface area contributed by atoms with Crippen LogP contribution in [0, 0.1) is 0 Å². The molecule has 0 bridgehead atoms. The Morgan fingerprint density at radius 1 is 1.83 bits per heavy atom. The first-order chi connectivity index (χ1) is 5.69. The lowest BCUT2D eigenvalue weighted by Crippen LogP contribution is -2.35. The number of hydrogen-bond acceptors (Lipinski definition) is 5. The zero-order chi connectivity index (χ0) is 9.19. The molecule has 6 heteroatoms. The maximum atomic E-state index is 10.4. The third-order valence-corrected chi connectivity index (χ3v) is 2.56. The number of alkyl halides is 1. The first kappa shape index (κ1) is 9.12. The van der Waals surface area contributed by atoms with Crippen LogP contribution in [0.5, 0.6) is 0 Å². The van der Waals surface area contributed by atoms with E-state index < -0.39 is 4.51 Å². The summed E-state index contributed by atoms with van der Waals surface area (Å²) in [6.45, 7) is 0. The minimum atomic E-state index is -1.25. The average molecular weight is 233 g/mol. The number of nitrogens with one attached hydrogen (secondary N) is 1. The Labute approximate surface area is 76.6 Å². The van der Waals surface area contributed by atoms with E-state index in [9.17, 15) is 9.59 Å². The summed E-state index contributed by atoms with van der Waals surface area (Å²) in [5.74, 6) is 1.58. The van der Waals surface area contributed by atoms with Crippen molar-refractivity contribution in [3.63, 3.8) is 0 Å². The van der Waals surface area contributed by atoms with E-state index in [2.05, 4.69) is 26.5 Å². The molecule has 0 radical (unpaired) electrons. The monoisotopic (exact) mass is 232 g/mol. The number of hydrazone groups is 1. The van der Waals surface area contributed by atoms with Crippen molar-refractivity contribution in [1.29, 1.82) is 0 Å². The van der Waals surface area contributed by atoms with Gasteiger partial charge in [-0.25, -0.2) is 4.79 Å². The molecule has 0 spiro atoms. The van der Waals surface area contributed by atoms with E-state index in [1.54, 1.807) is 5.94 Å². The molecule has 1 atom stereocenters. The van der Waals surface area contributed by atoms with Gasteiger partial charge in [0.25, 0.3) is 0 Å². The number of hydrogen-bond donors (Lipinski definition) is 1. The fourth-order valence-electron chi connectivity index (χ4n) is 0.785. The van der Waals surface area contributed by atoms with Crippen LogP contribution in [0.4, 0.5) is 0 Å². The van der Waals surface area contributed by atoms with E-state index in [4.69, 9.17) is 4.74 Å². The molecule has 0 aromatic heterocycles. The van der Waals surface area contributed by atoms with Crippen molar-refractivity contribution in [3.8, 4) is 0 Å². The Morgan fingerprint density at radius 2 is 2.50 bits per heavy atom. The highest BCUT2D eigenvalue weighted by atomic mass is 79.9. The molecule has 0 aliphatic carbocycles. The molecule has 1 N–H and O–H groups in total. The molecule has 64 valence electrons. The normalized spacial score (nSPS) is 27.5. The number of halogens is 1. The first-order valence-corrected chi connectivity index (χ1v) is 3.77. The van der Waals surface area contributed by atoms with Crippen molar-refractivity contribution in [2.45, 2.75) is 4.51 Å². The van der Waals surface area contributed by atoms with E-state index in [0.29, 0.717) is 6.29 Å². The van der Waals surface area contributed by atoms with Gasteiger partial charge in [-0.1, -0.05) is 0 Å². The molecule has 0 saturated heterocycles. The van der Waals surface area contributed by atoms with Gasteiger partial charge in [-0.15, -0.1) is 0 Å². The van der Waals surface area contributed by atoms with Gasteiger partial charge in [-0.2, -0.15) is 5.10 Å². The zero-order valence-corrected chi connectivity index (χ0v) is 7.71. The van der Waals surface area contributed by atoms with Gasteiger partial charge in [0.1, 0.15) is 0 Å². The van der Waals surface area contributed by atoms with Crippen molar-refractivity contribution < 1.29 is 14.3 Å². The molecule has 0 saturated carbocycles. The lowest BCUT2D eigenvalue weighted by molar-refractivity contribution is -0.103. The predicted octanol–water partition coefficient (Wildman–Crippen LogP) is -0.402. The Hall–Kier alpha value is -0.970. The quantitative estimate of drug-likeness (QED) is 0.400. The fourth-order valence-corrected chi connectivity index (χ4v) is 1.14. The van der Waals surface area contributed by atoms with Crippen LogP contribution in [0.2, 0.25) is 0 Å². The minimum absolute atomic E-state index is 0.0344. The third-order valence-electron chi connectivity index (χ3n) is 1.43. The average Bonchev–Trinajstić information content (AvgIpc) is 2.42. The number of methoxy groups -OCH3 is 1. The molecular formula is C6H5BrN2O3. The van der Waals surface area contributed by atoms with Crippen LogP contribution in [-0.2, 0) is 14.3 Å². The Bertz CT molecular complexity index is 295. The van der Waals surface area contributed by atoms with Crippen molar-refractivity contribution >= 4 is 33.9 Å². The highest BCUT2D eigenvalue weighted by Crippen LogP contribution is 2.30. The molecule has 0 aromatic carbocycles. The number of ether oxygens (including phenoxy) is 1. The van der Waals surface area contributed by atoms with E-state index in [1.165, 1.54) is 7.11 Å². The van der Waals surface area contributed by atoms with Gasteiger partial charge in [0.15, 0.2) is 23.6 Å². The number of carbonyl (C=O) groups is 1. The Kier molecular flexibility index (Phi) is 2.42. The highest BCUT2D eigenvalue weighted by Gasteiger charge is 2.43. The minimum Gasteiger partial charge on any atom is -0.355 e. The zero-order valence-electron chi connectivity index (χ0n) is 6.13. The molecule has 0 fully saturated rings. The summed E-state index contributed by atoms with van der Waals surface area (Å²) in [5, 5.41) is 3.56. The smallest absolute Gasteiger partial charge is 0.222 e. The van der Waals surface area contributed by atoms with E-state index in [-0.39, 0.29) is 11.4 Å². The molecule has 1 aliphatic rings. The highest BCUT2D eigenvalue weighted by molar-refractivity contribution is 9.10. The summed E-state index contributed by atoms with van der Waals surface area (Å²) in [4.78, 5) is 20.7.